The Labute approximate surface area is 165 Å². The van der Waals surface area contributed by atoms with E-state index in [0.29, 0.717) is 16.5 Å². The molecule has 1 amide bonds. The fourth-order valence-electron chi connectivity index (χ4n) is 2.89. The molecule has 0 saturated heterocycles. The summed E-state index contributed by atoms with van der Waals surface area (Å²) in [7, 11) is -3.44. The second-order valence-corrected chi connectivity index (χ2v) is 8.27. The van der Waals surface area contributed by atoms with Gasteiger partial charge in [0.1, 0.15) is 11.9 Å². The molecule has 8 nitrogen and oxygen atoms in total. The molecule has 152 valence electrons. The van der Waals surface area contributed by atoms with Gasteiger partial charge in [-0.2, -0.15) is 0 Å². The van der Waals surface area contributed by atoms with Crippen LogP contribution in [0.15, 0.2) is 48.7 Å². The summed E-state index contributed by atoms with van der Waals surface area (Å²) in [4.78, 5) is 26.9. The number of fused-ring (bicyclic) bond motifs is 1. The lowest BCUT2D eigenvalue weighted by molar-refractivity contribution is -0.139. The van der Waals surface area contributed by atoms with Gasteiger partial charge in [0.15, 0.2) is 0 Å². The standard InChI is InChI=1S/C19H18FN3O5S/c1-29(27,28)23-14-5-2-11(3-6-14)18(24)22-17(19(25)26)8-12-10-21-16-9-13(20)4-7-15(12)16/h2-7,9-10,17,21,23H,8H2,1H3,(H,22,24)(H,25,26). The van der Waals surface area contributed by atoms with Gasteiger partial charge in [0.05, 0.1) is 6.26 Å². The minimum atomic E-state index is -3.44. The summed E-state index contributed by atoms with van der Waals surface area (Å²) < 4.78 is 38.0. The smallest absolute Gasteiger partial charge is 0.326 e. The summed E-state index contributed by atoms with van der Waals surface area (Å²) >= 11 is 0. The second-order valence-electron chi connectivity index (χ2n) is 6.52. The van der Waals surface area contributed by atoms with Crippen LogP contribution in [0, 0.1) is 5.82 Å². The number of carbonyl (C=O) groups excluding carboxylic acids is 1. The van der Waals surface area contributed by atoms with E-state index in [9.17, 15) is 27.5 Å². The van der Waals surface area contributed by atoms with Crippen molar-refractivity contribution in [3.63, 3.8) is 0 Å². The number of amides is 1. The molecule has 3 rings (SSSR count). The van der Waals surface area contributed by atoms with Crippen LogP contribution in [-0.2, 0) is 21.2 Å². The third-order valence-corrected chi connectivity index (χ3v) is 4.81. The number of halogens is 1. The van der Waals surface area contributed by atoms with Crippen molar-refractivity contribution in [3.05, 3.63) is 65.6 Å². The highest BCUT2D eigenvalue weighted by atomic mass is 32.2. The molecule has 10 heteroatoms. The van der Waals surface area contributed by atoms with Gasteiger partial charge < -0.3 is 15.4 Å². The van der Waals surface area contributed by atoms with Gasteiger partial charge in [-0.05, 0) is 48.0 Å². The minimum Gasteiger partial charge on any atom is -0.480 e. The number of H-pyrrole nitrogens is 1. The molecule has 0 aliphatic heterocycles. The van der Waals surface area contributed by atoms with Crippen molar-refractivity contribution in [1.82, 2.24) is 10.3 Å². The van der Waals surface area contributed by atoms with Crippen LogP contribution >= 0.6 is 0 Å². The Kier molecular flexibility index (Phi) is 5.55. The third-order valence-electron chi connectivity index (χ3n) is 4.21. The Morgan fingerprint density at radius 2 is 1.86 bits per heavy atom. The number of hydrogen-bond donors (Lipinski definition) is 4. The number of carboxylic acids is 1. The zero-order valence-corrected chi connectivity index (χ0v) is 16.1. The van der Waals surface area contributed by atoms with Crippen LogP contribution in [0.3, 0.4) is 0 Å². The third kappa shape index (κ3) is 5.11. The van der Waals surface area contributed by atoms with Crippen molar-refractivity contribution in [1.29, 1.82) is 0 Å². The molecule has 1 unspecified atom stereocenters. The fraction of sp³-hybridized carbons (Fsp3) is 0.158. The summed E-state index contributed by atoms with van der Waals surface area (Å²) in [6.07, 6.45) is 2.59. The molecule has 1 heterocycles. The molecule has 0 fully saturated rings. The molecule has 0 bridgehead atoms. The number of aromatic nitrogens is 1. The van der Waals surface area contributed by atoms with Gasteiger partial charge in [0.25, 0.3) is 5.91 Å². The highest BCUT2D eigenvalue weighted by molar-refractivity contribution is 7.92. The Balaban J connectivity index is 1.74. The maximum absolute atomic E-state index is 13.3. The molecular formula is C19H18FN3O5S. The van der Waals surface area contributed by atoms with E-state index < -0.39 is 33.8 Å². The molecule has 29 heavy (non-hydrogen) atoms. The molecule has 0 spiro atoms. The highest BCUT2D eigenvalue weighted by Crippen LogP contribution is 2.21. The Bertz CT molecular complexity index is 1170. The Morgan fingerprint density at radius 1 is 1.17 bits per heavy atom. The molecule has 0 aliphatic rings. The van der Waals surface area contributed by atoms with E-state index in [0.717, 1.165) is 6.26 Å². The highest BCUT2D eigenvalue weighted by Gasteiger charge is 2.22. The zero-order valence-electron chi connectivity index (χ0n) is 15.3. The van der Waals surface area contributed by atoms with Crippen molar-refractivity contribution in [2.75, 3.05) is 11.0 Å². The minimum absolute atomic E-state index is 0.000420. The number of aliphatic carboxylic acids is 1. The number of sulfonamides is 1. The molecule has 3 aromatic rings. The maximum Gasteiger partial charge on any atom is 0.326 e. The van der Waals surface area contributed by atoms with Gasteiger partial charge in [-0.1, -0.05) is 0 Å². The van der Waals surface area contributed by atoms with Crippen LogP contribution in [0.2, 0.25) is 0 Å². The Hall–Kier alpha value is -3.40. The first-order valence-electron chi connectivity index (χ1n) is 8.49. The maximum atomic E-state index is 13.3. The number of rotatable bonds is 7. The predicted molar refractivity (Wildman–Crippen MR) is 106 cm³/mol. The number of anilines is 1. The van der Waals surface area contributed by atoms with Crippen LogP contribution in [0.5, 0.6) is 0 Å². The number of aromatic amines is 1. The fourth-order valence-corrected chi connectivity index (χ4v) is 3.46. The van der Waals surface area contributed by atoms with Crippen LogP contribution in [-0.4, -0.2) is 42.7 Å². The summed E-state index contributed by atoms with van der Waals surface area (Å²) in [5, 5.41) is 12.6. The summed E-state index contributed by atoms with van der Waals surface area (Å²) in [5.74, 6) is -2.25. The van der Waals surface area contributed by atoms with Crippen molar-refractivity contribution >= 4 is 38.5 Å². The molecule has 0 aliphatic carbocycles. The summed E-state index contributed by atoms with van der Waals surface area (Å²) in [6.45, 7) is 0. The molecule has 0 saturated carbocycles. The van der Waals surface area contributed by atoms with Crippen LogP contribution in [0.1, 0.15) is 15.9 Å². The quantitative estimate of drug-likeness (QED) is 0.466. The molecule has 1 atom stereocenters. The first kappa shape index (κ1) is 20.3. The predicted octanol–water partition coefficient (Wildman–Crippen LogP) is 2.10. The van der Waals surface area contributed by atoms with Crippen molar-refractivity contribution < 1.29 is 27.5 Å². The summed E-state index contributed by atoms with van der Waals surface area (Å²) in [6, 6.07) is 8.50. The number of carboxylic acid groups (broad SMARTS) is 1. The lowest BCUT2D eigenvalue weighted by Crippen LogP contribution is -2.42. The van der Waals surface area contributed by atoms with E-state index >= 15 is 0 Å². The van der Waals surface area contributed by atoms with Crippen molar-refractivity contribution in [2.24, 2.45) is 0 Å². The molecule has 2 aromatic carbocycles. The van der Waals surface area contributed by atoms with Crippen molar-refractivity contribution in [3.8, 4) is 0 Å². The van der Waals surface area contributed by atoms with Gasteiger partial charge in [-0.25, -0.2) is 17.6 Å². The number of carbonyl (C=O) groups is 2. The lowest BCUT2D eigenvalue weighted by atomic mass is 10.0. The monoisotopic (exact) mass is 419 g/mol. The molecular weight excluding hydrogens is 401 g/mol. The van der Waals surface area contributed by atoms with Crippen molar-refractivity contribution in [2.45, 2.75) is 12.5 Å². The number of benzene rings is 2. The number of nitrogens with one attached hydrogen (secondary N) is 3. The Morgan fingerprint density at radius 3 is 2.48 bits per heavy atom. The van der Waals surface area contributed by atoms with Crippen LogP contribution in [0.4, 0.5) is 10.1 Å². The lowest BCUT2D eigenvalue weighted by Gasteiger charge is -2.14. The second kappa shape index (κ2) is 7.92. The number of hydrogen-bond acceptors (Lipinski definition) is 4. The topological polar surface area (TPSA) is 128 Å². The van der Waals surface area contributed by atoms with Gasteiger partial charge in [-0.3, -0.25) is 9.52 Å². The largest absolute Gasteiger partial charge is 0.480 e. The molecule has 1 aromatic heterocycles. The van der Waals surface area contributed by atoms with Gasteiger partial charge in [0, 0.05) is 34.8 Å². The van der Waals surface area contributed by atoms with E-state index in [1.807, 2.05) is 0 Å². The van der Waals surface area contributed by atoms with E-state index in [-0.39, 0.29) is 17.7 Å². The van der Waals surface area contributed by atoms with Gasteiger partial charge in [0.2, 0.25) is 10.0 Å². The molecule has 4 N–H and O–H groups in total. The van der Waals surface area contributed by atoms with Gasteiger partial charge in [-0.15, -0.1) is 0 Å². The van der Waals surface area contributed by atoms with E-state index in [2.05, 4.69) is 15.0 Å². The van der Waals surface area contributed by atoms with E-state index in [4.69, 9.17) is 0 Å². The first-order chi connectivity index (χ1) is 13.6. The van der Waals surface area contributed by atoms with Crippen LogP contribution < -0.4 is 10.0 Å². The first-order valence-corrected chi connectivity index (χ1v) is 10.4. The zero-order chi connectivity index (χ0) is 21.2. The van der Waals surface area contributed by atoms with E-state index in [1.54, 1.807) is 12.3 Å². The van der Waals surface area contributed by atoms with Gasteiger partial charge >= 0.3 is 5.97 Å². The average Bonchev–Trinajstić information content (AvgIpc) is 3.02. The normalized spacial score (nSPS) is 12.5. The molecule has 0 radical (unpaired) electrons. The SMILES string of the molecule is CS(=O)(=O)Nc1ccc(C(=O)NC(Cc2c[nH]c3cc(F)ccc23)C(=O)O)cc1. The summed E-state index contributed by atoms with van der Waals surface area (Å²) in [5.41, 5.74) is 1.62. The average molecular weight is 419 g/mol. The van der Waals surface area contributed by atoms with E-state index in [1.165, 1.54) is 36.4 Å². The van der Waals surface area contributed by atoms with Crippen LogP contribution in [0.25, 0.3) is 10.9 Å².